The largest absolute Gasteiger partial charge is 0.375 e. The number of carbonyl (C=O) groups excluding carboxylic acids is 2. The van der Waals surface area contributed by atoms with Gasteiger partial charge in [0.25, 0.3) is 0 Å². The third kappa shape index (κ3) is 4.57. The molecule has 2 aliphatic rings. The summed E-state index contributed by atoms with van der Waals surface area (Å²) in [7, 11) is 0. The molecule has 2 aliphatic heterocycles. The quantitative estimate of drug-likeness (QED) is 0.828. The van der Waals surface area contributed by atoms with Gasteiger partial charge in [0.1, 0.15) is 0 Å². The molecule has 1 atom stereocenters. The van der Waals surface area contributed by atoms with E-state index < -0.39 is 0 Å². The maximum atomic E-state index is 12.5. The first kappa shape index (κ1) is 17.0. The summed E-state index contributed by atoms with van der Waals surface area (Å²) in [6.07, 6.45) is 4.48. The summed E-state index contributed by atoms with van der Waals surface area (Å²) in [4.78, 5) is 27.9. The van der Waals surface area contributed by atoms with Crippen LogP contribution in [0.3, 0.4) is 0 Å². The summed E-state index contributed by atoms with van der Waals surface area (Å²) in [5.41, 5.74) is 1.29. The number of aryl methyl sites for hydroxylation is 1. The molecule has 2 fully saturated rings. The van der Waals surface area contributed by atoms with Crippen LogP contribution in [0.5, 0.6) is 0 Å². The van der Waals surface area contributed by atoms with E-state index in [9.17, 15) is 9.59 Å². The van der Waals surface area contributed by atoms with Crippen LogP contribution in [0.4, 0.5) is 0 Å². The van der Waals surface area contributed by atoms with Crippen molar-refractivity contribution in [3.8, 4) is 0 Å². The average Bonchev–Trinajstić information content (AvgIpc) is 2.63. The van der Waals surface area contributed by atoms with Crippen LogP contribution in [0, 0.1) is 0 Å². The normalized spacial score (nSPS) is 21.8. The summed E-state index contributed by atoms with van der Waals surface area (Å²) < 4.78 is 5.82. The SMILES string of the molecule is O=C1CCCCN1CC(=O)N1CCO[C@@H](CCc2ccccc2)C1. The number of morpholine rings is 1. The molecule has 1 aromatic carbocycles. The van der Waals surface area contributed by atoms with Crippen molar-refractivity contribution in [1.29, 1.82) is 0 Å². The van der Waals surface area contributed by atoms with Gasteiger partial charge in [0.05, 0.1) is 19.3 Å². The number of ether oxygens (including phenoxy) is 1. The van der Waals surface area contributed by atoms with Crippen LogP contribution < -0.4 is 0 Å². The number of benzene rings is 1. The number of piperidine rings is 1. The van der Waals surface area contributed by atoms with Gasteiger partial charge in [0.15, 0.2) is 0 Å². The lowest BCUT2D eigenvalue weighted by atomic mass is 10.1. The Bertz CT molecular complexity index is 561. The van der Waals surface area contributed by atoms with Crippen LogP contribution in [0.1, 0.15) is 31.2 Å². The van der Waals surface area contributed by atoms with E-state index in [-0.39, 0.29) is 24.5 Å². The van der Waals surface area contributed by atoms with E-state index in [0.29, 0.717) is 32.7 Å². The van der Waals surface area contributed by atoms with Gasteiger partial charge >= 0.3 is 0 Å². The van der Waals surface area contributed by atoms with Gasteiger partial charge in [-0.1, -0.05) is 30.3 Å². The fraction of sp³-hybridized carbons (Fsp3) is 0.579. The number of hydrogen-bond donors (Lipinski definition) is 0. The van der Waals surface area contributed by atoms with Crippen LogP contribution >= 0.6 is 0 Å². The van der Waals surface area contributed by atoms with Crippen molar-refractivity contribution < 1.29 is 14.3 Å². The zero-order valence-electron chi connectivity index (χ0n) is 14.2. The highest BCUT2D eigenvalue weighted by molar-refractivity contribution is 5.85. The monoisotopic (exact) mass is 330 g/mol. The van der Waals surface area contributed by atoms with Gasteiger partial charge in [0.2, 0.25) is 11.8 Å². The highest BCUT2D eigenvalue weighted by Crippen LogP contribution is 2.15. The van der Waals surface area contributed by atoms with Crippen LogP contribution in [0.15, 0.2) is 30.3 Å². The number of carbonyl (C=O) groups is 2. The van der Waals surface area contributed by atoms with Crippen molar-refractivity contribution in [2.24, 2.45) is 0 Å². The van der Waals surface area contributed by atoms with E-state index in [4.69, 9.17) is 4.74 Å². The van der Waals surface area contributed by atoms with E-state index in [0.717, 1.165) is 25.7 Å². The first-order valence-electron chi connectivity index (χ1n) is 8.93. The second-order valence-corrected chi connectivity index (χ2v) is 6.63. The first-order chi connectivity index (χ1) is 11.7. The molecule has 0 radical (unpaired) electrons. The highest BCUT2D eigenvalue weighted by Gasteiger charge is 2.27. The lowest BCUT2D eigenvalue weighted by molar-refractivity contribution is -0.146. The molecule has 0 unspecified atom stereocenters. The van der Waals surface area contributed by atoms with E-state index >= 15 is 0 Å². The maximum Gasteiger partial charge on any atom is 0.242 e. The molecule has 1 aromatic rings. The van der Waals surface area contributed by atoms with Crippen molar-refractivity contribution in [1.82, 2.24) is 9.80 Å². The van der Waals surface area contributed by atoms with E-state index in [2.05, 4.69) is 12.1 Å². The van der Waals surface area contributed by atoms with Gasteiger partial charge in [-0.25, -0.2) is 0 Å². The molecule has 0 N–H and O–H groups in total. The van der Waals surface area contributed by atoms with Gasteiger partial charge in [0, 0.05) is 26.1 Å². The second-order valence-electron chi connectivity index (χ2n) is 6.63. The lowest BCUT2D eigenvalue weighted by Gasteiger charge is -2.35. The number of amides is 2. The van der Waals surface area contributed by atoms with E-state index in [1.165, 1.54) is 5.56 Å². The third-order valence-corrected chi connectivity index (χ3v) is 4.84. The van der Waals surface area contributed by atoms with Gasteiger partial charge in [-0.2, -0.15) is 0 Å². The molecular formula is C19H26N2O3. The van der Waals surface area contributed by atoms with Crippen molar-refractivity contribution in [2.45, 2.75) is 38.2 Å². The Morgan fingerprint density at radius 1 is 1.17 bits per heavy atom. The molecule has 0 bridgehead atoms. The highest BCUT2D eigenvalue weighted by atomic mass is 16.5. The fourth-order valence-corrected chi connectivity index (χ4v) is 3.39. The molecule has 0 aliphatic carbocycles. The predicted octanol–water partition coefficient (Wildman–Crippen LogP) is 1.86. The smallest absolute Gasteiger partial charge is 0.242 e. The van der Waals surface area contributed by atoms with Crippen molar-refractivity contribution in [2.75, 3.05) is 32.8 Å². The summed E-state index contributed by atoms with van der Waals surface area (Å²) >= 11 is 0. The standard InChI is InChI=1S/C19H26N2O3/c22-18-8-4-5-11-20(18)15-19(23)21-12-13-24-17(14-21)10-9-16-6-2-1-3-7-16/h1-3,6-7,17H,4-5,8-15H2/t17-/m0/s1. The minimum atomic E-state index is 0.0539. The van der Waals surface area contributed by atoms with Crippen LogP contribution in [-0.2, 0) is 20.7 Å². The molecular weight excluding hydrogens is 304 g/mol. The summed E-state index contributed by atoms with van der Waals surface area (Å²) in [6.45, 7) is 2.78. The van der Waals surface area contributed by atoms with Gasteiger partial charge in [-0.05, 0) is 31.2 Å². The fourth-order valence-electron chi connectivity index (χ4n) is 3.39. The molecule has 0 spiro atoms. The van der Waals surface area contributed by atoms with Crippen LogP contribution in [0.2, 0.25) is 0 Å². The Hall–Kier alpha value is -1.88. The molecule has 3 rings (SSSR count). The molecule has 0 saturated carbocycles. The van der Waals surface area contributed by atoms with Gasteiger partial charge in [-0.3, -0.25) is 9.59 Å². The molecule has 130 valence electrons. The average molecular weight is 330 g/mol. The lowest BCUT2D eigenvalue weighted by Crippen LogP contribution is -2.50. The van der Waals surface area contributed by atoms with Crippen molar-refractivity contribution in [3.63, 3.8) is 0 Å². The van der Waals surface area contributed by atoms with Crippen molar-refractivity contribution in [3.05, 3.63) is 35.9 Å². The first-order valence-corrected chi connectivity index (χ1v) is 8.93. The molecule has 2 amide bonds. The summed E-state index contributed by atoms with van der Waals surface area (Å²) in [6, 6.07) is 10.3. The Balaban J connectivity index is 1.47. The minimum absolute atomic E-state index is 0.0539. The molecule has 5 nitrogen and oxygen atoms in total. The maximum absolute atomic E-state index is 12.5. The zero-order valence-corrected chi connectivity index (χ0v) is 14.2. The summed E-state index contributed by atoms with van der Waals surface area (Å²) in [5, 5.41) is 0. The van der Waals surface area contributed by atoms with Crippen molar-refractivity contribution >= 4 is 11.8 Å². The van der Waals surface area contributed by atoms with Crippen LogP contribution in [-0.4, -0.2) is 60.5 Å². The number of rotatable bonds is 5. The Morgan fingerprint density at radius 3 is 2.79 bits per heavy atom. The molecule has 2 saturated heterocycles. The molecule has 0 aromatic heterocycles. The van der Waals surface area contributed by atoms with Gasteiger partial charge in [-0.15, -0.1) is 0 Å². The Kier molecular flexibility index (Phi) is 5.86. The van der Waals surface area contributed by atoms with Crippen LogP contribution in [0.25, 0.3) is 0 Å². The second kappa shape index (κ2) is 8.29. The Morgan fingerprint density at radius 2 is 2.00 bits per heavy atom. The molecule has 5 heteroatoms. The van der Waals surface area contributed by atoms with E-state index in [1.807, 2.05) is 23.1 Å². The third-order valence-electron chi connectivity index (χ3n) is 4.84. The number of nitrogens with zero attached hydrogens (tertiary/aromatic N) is 2. The predicted molar refractivity (Wildman–Crippen MR) is 91.5 cm³/mol. The topological polar surface area (TPSA) is 49.9 Å². The number of hydrogen-bond acceptors (Lipinski definition) is 3. The minimum Gasteiger partial charge on any atom is -0.375 e. The van der Waals surface area contributed by atoms with E-state index in [1.54, 1.807) is 4.90 Å². The summed E-state index contributed by atoms with van der Waals surface area (Å²) in [5.74, 6) is 0.168. The molecule has 24 heavy (non-hydrogen) atoms. The number of likely N-dealkylation sites (tertiary alicyclic amines) is 1. The Labute approximate surface area is 143 Å². The van der Waals surface area contributed by atoms with Gasteiger partial charge < -0.3 is 14.5 Å². The zero-order chi connectivity index (χ0) is 16.8. The molecule has 2 heterocycles.